The first-order valence-corrected chi connectivity index (χ1v) is 10.1. The minimum Gasteiger partial charge on any atom is -0.419 e. The standard InChI is InChI=1S/C19H16ClFN6OS/c1-3-27-16(15-6-4-5-9-22-15)23-26-19(27)29-11(2)17-24-25-18(28-17)13-10-12(20)7-8-14(13)21/h4-11H,3H2,1-2H3. The molecule has 0 bridgehead atoms. The molecule has 0 aliphatic heterocycles. The van der Waals surface area contributed by atoms with Crippen LogP contribution in [0.15, 0.2) is 52.2 Å². The Bertz CT molecular complexity index is 1130. The number of rotatable bonds is 6. The molecule has 0 fully saturated rings. The van der Waals surface area contributed by atoms with Gasteiger partial charge in [0.1, 0.15) is 11.5 Å². The highest BCUT2D eigenvalue weighted by atomic mass is 35.5. The first-order valence-electron chi connectivity index (χ1n) is 8.87. The molecule has 3 heterocycles. The molecule has 4 aromatic rings. The van der Waals surface area contributed by atoms with Gasteiger partial charge >= 0.3 is 0 Å². The van der Waals surface area contributed by atoms with E-state index in [1.165, 1.54) is 30.0 Å². The molecule has 1 atom stereocenters. The number of benzene rings is 1. The number of hydrogen-bond acceptors (Lipinski definition) is 7. The Labute approximate surface area is 175 Å². The summed E-state index contributed by atoms with van der Waals surface area (Å²) in [6.07, 6.45) is 1.72. The molecule has 29 heavy (non-hydrogen) atoms. The van der Waals surface area contributed by atoms with Crippen LogP contribution in [0.3, 0.4) is 0 Å². The van der Waals surface area contributed by atoms with E-state index in [1.807, 2.05) is 36.6 Å². The van der Waals surface area contributed by atoms with Gasteiger partial charge in [-0.05, 0) is 44.2 Å². The van der Waals surface area contributed by atoms with E-state index in [4.69, 9.17) is 16.0 Å². The van der Waals surface area contributed by atoms with Crippen molar-refractivity contribution in [2.75, 3.05) is 0 Å². The summed E-state index contributed by atoms with van der Waals surface area (Å²) < 4.78 is 21.7. The highest BCUT2D eigenvalue weighted by Crippen LogP contribution is 2.36. The van der Waals surface area contributed by atoms with E-state index < -0.39 is 5.82 Å². The Morgan fingerprint density at radius 2 is 2.03 bits per heavy atom. The normalized spacial score (nSPS) is 12.3. The lowest BCUT2D eigenvalue weighted by molar-refractivity contribution is 0.504. The smallest absolute Gasteiger partial charge is 0.250 e. The van der Waals surface area contributed by atoms with Gasteiger partial charge in [-0.15, -0.1) is 20.4 Å². The average molecular weight is 431 g/mol. The molecule has 4 rings (SSSR count). The lowest BCUT2D eigenvalue weighted by Gasteiger charge is -2.09. The minimum atomic E-state index is -0.476. The number of nitrogens with zero attached hydrogens (tertiary/aromatic N) is 6. The fraction of sp³-hybridized carbons (Fsp3) is 0.211. The van der Waals surface area contributed by atoms with E-state index in [0.717, 1.165) is 5.69 Å². The Morgan fingerprint density at radius 3 is 2.79 bits per heavy atom. The maximum absolute atomic E-state index is 14.1. The molecule has 0 radical (unpaired) electrons. The lowest BCUT2D eigenvalue weighted by Crippen LogP contribution is -2.01. The van der Waals surface area contributed by atoms with Crippen molar-refractivity contribution < 1.29 is 8.81 Å². The number of hydrogen-bond donors (Lipinski definition) is 0. The van der Waals surface area contributed by atoms with Crippen LogP contribution >= 0.6 is 23.4 Å². The third-order valence-corrected chi connectivity index (χ3v) is 5.46. The summed E-state index contributed by atoms with van der Waals surface area (Å²) in [5.41, 5.74) is 0.917. The number of aromatic nitrogens is 6. The second-order valence-corrected chi connectivity index (χ2v) is 7.84. The number of thioether (sulfide) groups is 1. The maximum Gasteiger partial charge on any atom is 0.250 e. The third kappa shape index (κ3) is 4.01. The first-order chi connectivity index (χ1) is 14.1. The zero-order valence-electron chi connectivity index (χ0n) is 15.6. The second kappa shape index (κ2) is 8.30. The number of pyridine rings is 1. The molecular weight excluding hydrogens is 415 g/mol. The van der Waals surface area contributed by atoms with Crippen molar-refractivity contribution in [2.45, 2.75) is 30.8 Å². The molecule has 0 aliphatic rings. The van der Waals surface area contributed by atoms with Gasteiger partial charge in [-0.3, -0.25) is 4.98 Å². The quantitative estimate of drug-likeness (QED) is 0.395. The zero-order valence-corrected chi connectivity index (χ0v) is 17.2. The predicted octanol–water partition coefficient (Wildman–Crippen LogP) is 5.06. The fourth-order valence-corrected chi connectivity index (χ4v) is 3.84. The monoisotopic (exact) mass is 430 g/mol. The SMILES string of the molecule is CCn1c(SC(C)c2nnc(-c3cc(Cl)ccc3F)o2)nnc1-c1ccccn1. The van der Waals surface area contributed by atoms with Crippen LogP contribution in [0, 0.1) is 5.82 Å². The first kappa shape index (κ1) is 19.5. The maximum atomic E-state index is 14.1. The third-order valence-electron chi connectivity index (χ3n) is 4.16. The molecule has 0 spiro atoms. The second-order valence-electron chi connectivity index (χ2n) is 6.10. The highest BCUT2D eigenvalue weighted by molar-refractivity contribution is 7.99. The molecule has 1 aromatic carbocycles. The summed E-state index contributed by atoms with van der Waals surface area (Å²) in [6, 6.07) is 9.83. The van der Waals surface area contributed by atoms with Gasteiger partial charge in [0.05, 0.1) is 10.8 Å². The van der Waals surface area contributed by atoms with Gasteiger partial charge in [0.2, 0.25) is 5.89 Å². The van der Waals surface area contributed by atoms with Gasteiger partial charge in [0.25, 0.3) is 5.89 Å². The Morgan fingerprint density at radius 1 is 1.17 bits per heavy atom. The van der Waals surface area contributed by atoms with Crippen LogP contribution in [-0.4, -0.2) is 29.9 Å². The van der Waals surface area contributed by atoms with Crippen molar-refractivity contribution in [3.05, 3.63) is 59.3 Å². The van der Waals surface area contributed by atoms with Gasteiger partial charge in [0.15, 0.2) is 11.0 Å². The summed E-state index contributed by atoms with van der Waals surface area (Å²) in [6.45, 7) is 4.60. The summed E-state index contributed by atoms with van der Waals surface area (Å²) in [5.74, 6) is 0.652. The van der Waals surface area contributed by atoms with Crippen LogP contribution in [0.25, 0.3) is 23.0 Å². The fourth-order valence-electron chi connectivity index (χ4n) is 2.72. The van der Waals surface area contributed by atoms with Crippen molar-refractivity contribution in [1.82, 2.24) is 29.9 Å². The largest absolute Gasteiger partial charge is 0.419 e. The van der Waals surface area contributed by atoms with E-state index >= 15 is 0 Å². The van der Waals surface area contributed by atoms with Crippen LogP contribution in [0.4, 0.5) is 4.39 Å². The van der Waals surface area contributed by atoms with E-state index in [2.05, 4.69) is 25.4 Å². The van der Waals surface area contributed by atoms with Crippen LogP contribution in [0.2, 0.25) is 5.02 Å². The van der Waals surface area contributed by atoms with Gasteiger partial charge in [-0.25, -0.2) is 4.39 Å². The highest BCUT2D eigenvalue weighted by Gasteiger charge is 2.22. The molecule has 7 nitrogen and oxygen atoms in total. The van der Waals surface area contributed by atoms with E-state index in [-0.39, 0.29) is 16.7 Å². The van der Waals surface area contributed by atoms with Gasteiger partial charge in [0, 0.05) is 17.8 Å². The Hall–Kier alpha value is -2.78. The molecule has 0 amide bonds. The Kier molecular flexibility index (Phi) is 5.59. The van der Waals surface area contributed by atoms with Crippen LogP contribution in [-0.2, 0) is 6.54 Å². The molecule has 0 N–H and O–H groups in total. The summed E-state index contributed by atoms with van der Waals surface area (Å²) in [5, 5.41) is 17.5. The molecule has 3 aromatic heterocycles. The molecule has 10 heteroatoms. The van der Waals surface area contributed by atoms with Crippen molar-refractivity contribution in [3.8, 4) is 23.0 Å². The van der Waals surface area contributed by atoms with Crippen molar-refractivity contribution in [1.29, 1.82) is 0 Å². The average Bonchev–Trinajstić information content (AvgIpc) is 3.37. The van der Waals surface area contributed by atoms with Crippen LogP contribution in [0.1, 0.15) is 25.0 Å². The summed E-state index contributed by atoms with van der Waals surface area (Å²) >= 11 is 7.37. The molecule has 1 unspecified atom stereocenters. The van der Waals surface area contributed by atoms with Crippen LogP contribution < -0.4 is 0 Å². The zero-order chi connectivity index (χ0) is 20.4. The van der Waals surface area contributed by atoms with Gasteiger partial charge < -0.3 is 8.98 Å². The summed E-state index contributed by atoms with van der Waals surface area (Å²) in [7, 11) is 0. The Balaban J connectivity index is 1.58. The van der Waals surface area contributed by atoms with Gasteiger partial charge in [-0.1, -0.05) is 29.4 Å². The number of halogens is 2. The molecule has 0 saturated carbocycles. The van der Waals surface area contributed by atoms with E-state index in [0.29, 0.717) is 28.4 Å². The van der Waals surface area contributed by atoms with Gasteiger partial charge in [-0.2, -0.15) is 0 Å². The van der Waals surface area contributed by atoms with Crippen LogP contribution in [0.5, 0.6) is 0 Å². The van der Waals surface area contributed by atoms with Crippen molar-refractivity contribution >= 4 is 23.4 Å². The molecular formula is C19H16ClFN6OS. The molecule has 148 valence electrons. The van der Waals surface area contributed by atoms with E-state index in [9.17, 15) is 4.39 Å². The van der Waals surface area contributed by atoms with E-state index in [1.54, 1.807) is 6.20 Å². The molecule has 0 saturated heterocycles. The van der Waals surface area contributed by atoms with Crippen molar-refractivity contribution in [2.24, 2.45) is 0 Å². The van der Waals surface area contributed by atoms with Crippen molar-refractivity contribution in [3.63, 3.8) is 0 Å². The minimum absolute atomic E-state index is 0.0820. The predicted molar refractivity (Wildman–Crippen MR) is 108 cm³/mol. The lowest BCUT2D eigenvalue weighted by atomic mass is 10.2. The molecule has 0 aliphatic carbocycles. The summed E-state index contributed by atoms with van der Waals surface area (Å²) in [4.78, 5) is 4.34. The topological polar surface area (TPSA) is 82.5 Å².